The molecule has 0 fully saturated rings. The van der Waals surface area contributed by atoms with E-state index < -0.39 is 23.3 Å². The Morgan fingerprint density at radius 1 is 1.19 bits per heavy atom. The third-order valence-electron chi connectivity index (χ3n) is 2.78. The summed E-state index contributed by atoms with van der Waals surface area (Å²) in [5.74, 6) is -1.27. The molecule has 0 unspecified atom stereocenters. The minimum absolute atomic E-state index is 0.00846. The Morgan fingerprint density at radius 2 is 1.90 bits per heavy atom. The predicted molar refractivity (Wildman–Crippen MR) is 68.7 cm³/mol. The van der Waals surface area contributed by atoms with Crippen molar-refractivity contribution in [1.82, 2.24) is 4.98 Å². The Morgan fingerprint density at radius 3 is 2.43 bits per heavy atom. The van der Waals surface area contributed by atoms with Gasteiger partial charge in [-0.2, -0.15) is 13.2 Å². The zero-order valence-electron chi connectivity index (χ0n) is 10.4. The first-order valence-electron chi connectivity index (χ1n) is 5.78. The van der Waals surface area contributed by atoms with E-state index in [9.17, 15) is 22.4 Å². The van der Waals surface area contributed by atoms with Crippen LogP contribution in [-0.4, -0.2) is 10.8 Å². The maximum Gasteiger partial charge on any atom is 0.417 e. The number of rotatable bonds is 3. The van der Waals surface area contributed by atoms with Crippen molar-refractivity contribution >= 4 is 17.4 Å². The van der Waals surface area contributed by atoms with Gasteiger partial charge in [-0.15, -0.1) is 0 Å². The molecule has 21 heavy (non-hydrogen) atoms. The summed E-state index contributed by atoms with van der Waals surface area (Å²) in [4.78, 5) is 15.4. The van der Waals surface area contributed by atoms with Gasteiger partial charge in [-0.3, -0.25) is 9.78 Å². The van der Waals surface area contributed by atoms with E-state index in [0.717, 1.165) is 18.2 Å². The van der Waals surface area contributed by atoms with Crippen LogP contribution in [0.15, 0.2) is 36.5 Å². The van der Waals surface area contributed by atoms with Crippen molar-refractivity contribution in [2.45, 2.75) is 12.6 Å². The number of aromatic nitrogens is 1. The van der Waals surface area contributed by atoms with Gasteiger partial charge in [0.15, 0.2) is 5.78 Å². The quantitative estimate of drug-likeness (QED) is 0.623. The van der Waals surface area contributed by atoms with Crippen LogP contribution in [0.5, 0.6) is 0 Å². The van der Waals surface area contributed by atoms with Gasteiger partial charge in [0.05, 0.1) is 5.56 Å². The number of halogens is 5. The number of hydrogen-bond donors (Lipinski definition) is 0. The molecular formula is C14H8ClF4NO. The number of nitrogens with zero attached hydrogens (tertiary/aromatic N) is 1. The van der Waals surface area contributed by atoms with Crippen LogP contribution in [0.2, 0.25) is 5.02 Å². The molecule has 0 aliphatic heterocycles. The van der Waals surface area contributed by atoms with Crippen molar-refractivity contribution in [2.75, 3.05) is 0 Å². The highest BCUT2D eigenvalue weighted by atomic mass is 35.5. The smallest absolute Gasteiger partial charge is 0.292 e. The number of ketones is 1. The van der Waals surface area contributed by atoms with Crippen molar-refractivity contribution in [3.8, 4) is 0 Å². The van der Waals surface area contributed by atoms with E-state index in [1.807, 2.05) is 0 Å². The first-order valence-corrected chi connectivity index (χ1v) is 6.16. The molecule has 0 radical (unpaired) electrons. The topological polar surface area (TPSA) is 30.0 Å². The third kappa shape index (κ3) is 3.58. The number of alkyl halides is 3. The van der Waals surface area contributed by atoms with Gasteiger partial charge in [-0.25, -0.2) is 4.39 Å². The van der Waals surface area contributed by atoms with E-state index in [1.54, 1.807) is 0 Å². The van der Waals surface area contributed by atoms with E-state index >= 15 is 0 Å². The Balaban J connectivity index is 2.21. The standard InChI is InChI=1S/C14H8ClF4NO/c15-10-2-1-3-11(16)9(10)6-13(21)12-5-4-8(7-20-12)14(17,18)19/h1-5,7H,6H2. The molecular weight excluding hydrogens is 310 g/mol. The second-order valence-electron chi connectivity index (χ2n) is 4.23. The summed E-state index contributed by atoms with van der Waals surface area (Å²) < 4.78 is 50.7. The Bertz CT molecular complexity index is 647. The van der Waals surface area contributed by atoms with Gasteiger partial charge < -0.3 is 0 Å². The molecule has 0 aliphatic carbocycles. The second kappa shape index (κ2) is 5.81. The average Bonchev–Trinajstić information content (AvgIpc) is 2.42. The van der Waals surface area contributed by atoms with Gasteiger partial charge in [0.1, 0.15) is 11.5 Å². The van der Waals surface area contributed by atoms with Crippen molar-refractivity contribution in [3.05, 3.63) is 64.2 Å². The maximum atomic E-state index is 13.5. The SMILES string of the molecule is O=C(Cc1c(F)cccc1Cl)c1ccc(C(F)(F)F)cn1. The largest absolute Gasteiger partial charge is 0.417 e. The monoisotopic (exact) mass is 317 g/mol. The van der Waals surface area contributed by atoms with Gasteiger partial charge in [0.2, 0.25) is 0 Å². The molecule has 7 heteroatoms. The van der Waals surface area contributed by atoms with Crippen LogP contribution in [0.25, 0.3) is 0 Å². The van der Waals surface area contributed by atoms with E-state index in [1.165, 1.54) is 12.1 Å². The Hall–Kier alpha value is -1.95. The summed E-state index contributed by atoms with van der Waals surface area (Å²) in [7, 11) is 0. The molecule has 0 N–H and O–H groups in total. The number of benzene rings is 1. The average molecular weight is 318 g/mol. The number of carbonyl (C=O) groups excluding carboxylic acids is 1. The number of Topliss-reactive ketones (excluding diaryl/α,β-unsaturated/α-hetero) is 1. The second-order valence-corrected chi connectivity index (χ2v) is 4.64. The molecule has 0 aliphatic rings. The molecule has 1 heterocycles. The zero-order valence-corrected chi connectivity index (χ0v) is 11.2. The van der Waals surface area contributed by atoms with Crippen LogP contribution in [0.3, 0.4) is 0 Å². The summed E-state index contributed by atoms with van der Waals surface area (Å²) in [5, 5.41) is 0.0789. The lowest BCUT2D eigenvalue weighted by molar-refractivity contribution is -0.137. The van der Waals surface area contributed by atoms with E-state index in [2.05, 4.69) is 4.98 Å². The number of carbonyl (C=O) groups is 1. The molecule has 1 aromatic heterocycles. The fourth-order valence-electron chi connectivity index (χ4n) is 1.68. The fourth-order valence-corrected chi connectivity index (χ4v) is 1.91. The summed E-state index contributed by atoms with van der Waals surface area (Å²) >= 11 is 5.78. The molecule has 1 aromatic carbocycles. The van der Waals surface area contributed by atoms with Crippen LogP contribution in [-0.2, 0) is 12.6 Å². The van der Waals surface area contributed by atoms with Crippen LogP contribution in [0.1, 0.15) is 21.6 Å². The van der Waals surface area contributed by atoms with Crippen molar-refractivity contribution in [3.63, 3.8) is 0 Å². The molecule has 0 saturated carbocycles. The molecule has 0 spiro atoms. The van der Waals surface area contributed by atoms with Crippen molar-refractivity contribution in [2.24, 2.45) is 0 Å². The van der Waals surface area contributed by atoms with Gasteiger partial charge in [0.25, 0.3) is 0 Å². The zero-order chi connectivity index (χ0) is 15.6. The Labute approximate surface area is 122 Å². The summed E-state index contributed by atoms with van der Waals surface area (Å²) in [5.41, 5.74) is -1.14. The summed E-state index contributed by atoms with van der Waals surface area (Å²) in [6.07, 6.45) is -4.33. The normalized spacial score (nSPS) is 11.5. The fraction of sp³-hybridized carbons (Fsp3) is 0.143. The van der Waals surface area contributed by atoms with Crippen LogP contribution in [0, 0.1) is 5.82 Å². The maximum absolute atomic E-state index is 13.5. The van der Waals surface area contributed by atoms with Gasteiger partial charge in [-0.1, -0.05) is 17.7 Å². The third-order valence-corrected chi connectivity index (χ3v) is 3.13. The Kier molecular flexibility index (Phi) is 4.27. The molecule has 0 amide bonds. The van der Waals surface area contributed by atoms with Gasteiger partial charge >= 0.3 is 6.18 Å². The van der Waals surface area contributed by atoms with Crippen LogP contribution in [0.4, 0.5) is 17.6 Å². The lowest BCUT2D eigenvalue weighted by Crippen LogP contribution is -2.10. The highest BCUT2D eigenvalue weighted by Crippen LogP contribution is 2.28. The molecule has 0 bridgehead atoms. The van der Waals surface area contributed by atoms with E-state index in [4.69, 9.17) is 11.6 Å². The highest BCUT2D eigenvalue weighted by Gasteiger charge is 2.31. The molecule has 2 nitrogen and oxygen atoms in total. The van der Waals surface area contributed by atoms with Crippen LogP contribution >= 0.6 is 11.6 Å². The van der Waals surface area contributed by atoms with Crippen molar-refractivity contribution < 1.29 is 22.4 Å². The highest BCUT2D eigenvalue weighted by molar-refractivity contribution is 6.31. The first-order chi connectivity index (χ1) is 9.79. The van der Waals surface area contributed by atoms with Gasteiger partial charge in [-0.05, 0) is 24.3 Å². The molecule has 0 saturated heterocycles. The lowest BCUT2D eigenvalue weighted by atomic mass is 10.1. The minimum Gasteiger partial charge on any atom is -0.292 e. The molecule has 2 aromatic rings. The summed E-state index contributed by atoms with van der Waals surface area (Å²) in [6.45, 7) is 0. The minimum atomic E-state index is -4.52. The van der Waals surface area contributed by atoms with Gasteiger partial charge in [0, 0.05) is 23.2 Å². The number of hydrogen-bond acceptors (Lipinski definition) is 2. The molecule has 0 atom stereocenters. The lowest BCUT2D eigenvalue weighted by Gasteiger charge is -2.07. The van der Waals surface area contributed by atoms with E-state index in [0.29, 0.717) is 6.20 Å². The van der Waals surface area contributed by atoms with Crippen molar-refractivity contribution in [1.29, 1.82) is 0 Å². The molecule has 110 valence electrons. The number of pyridine rings is 1. The molecule has 2 rings (SSSR count). The van der Waals surface area contributed by atoms with E-state index in [-0.39, 0.29) is 22.7 Å². The van der Waals surface area contributed by atoms with Crippen LogP contribution < -0.4 is 0 Å². The predicted octanol–water partition coefficient (Wildman–Crippen LogP) is 4.32. The first kappa shape index (κ1) is 15.4. The summed E-state index contributed by atoms with van der Waals surface area (Å²) in [6, 6.07) is 5.67.